The molecule has 2 aromatic heterocycles. The van der Waals surface area contributed by atoms with Gasteiger partial charge in [0.2, 0.25) is 0 Å². The van der Waals surface area contributed by atoms with E-state index in [9.17, 15) is 9.90 Å². The summed E-state index contributed by atoms with van der Waals surface area (Å²) in [6.45, 7) is 5.94. The summed E-state index contributed by atoms with van der Waals surface area (Å²) in [6.07, 6.45) is 3.14. The fraction of sp³-hybridized carbons (Fsp3) is 0.391. The second-order valence-corrected chi connectivity index (χ2v) is 8.58. The monoisotopic (exact) mass is 460 g/mol. The molecule has 2 N–H and O–H groups in total. The van der Waals surface area contributed by atoms with Gasteiger partial charge in [-0.3, -0.25) is 4.90 Å². The van der Waals surface area contributed by atoms with Crippen LogP contribution in [-0.2, 0) is 17.9 Å². The zero-order valence-corrected chi connectivity index (χ0v) is 18.9. The average Bonchev–Trinajstić information content (AvgIpc) is 3.46. The van der Waals surface area contributed by atoms with E-state index in [1.54, 1.807) is 13.1 Å². The lowest BCUT2D eigenvalue weighted by molar-refractivity contribution is 0.0535. The van der Waals surface area contributed by atoms with Gasteiger partial charge in [-0.1, -0.05) is 6.07 Å². The van der Waals surface area contributed by atoms with Crippen LogP contribution >= 0.6 is 0 Å². The summed E-state index contributed by atoms with van der Waals surface area (Å²) in [4.78, 5) is 24.0. The van der Waals surface area contributed by atoms with Crippen LogP contribution in [0.3, 0.4) is 0 Å². The normalized spacial score (nSPS) is 20.1. The smallest absolute Gasteiger partial charge is 0.338 e. The number of rotatable bonds is 5. The lowest BCUT2D eigenvalue weighted by Gasteiger charge is -2.39. The second-order valence-electron chi connectivity index (χ2n) is 8.58. The SMILES string of the molecule is Cc1nc(-n2ncc(CN3C[C@H](CO)N[C@H](c4ccc5c(c4C)COC5=O)C3)n2)ncc1C#N. The number of nitrogens with one attached hydrogen (secondary N) is 1. The van der Waals surface area contributed by atoms with Crippen LogP contribution < -0.4 is 5.32 Å². The minimum absolute atomic E-state index is 0.00361. The highest BCUT2D eigenvalue weighted by Crippen LogP contribution is 2.31. The van der Waals surface area contributed by atoms with E-state index in [-0.39, 0.29) is 24.7 Å². The third-order valence-corrected chi connectivity index (χ3v) is 6.35. The molecular weight excluding hydrogens is 436 g/mol. The highest BCUT2D eigenvalue weighted by molar-refractivity contribution is 5.94. The summed E-state index contributed by atoms with van der Waals surface area (Å²) < 4.78 is 5.19. The molecule has 0 radical (unpaired) electrons. The Bertz CT molecular complexity index is 1300. The number of nitriles is 1. The second kappa shape index (κ2) is 8.90. The van der Waals surface area contributed by atoms with Crippen LogP contribution in [0.1, 0.15) is 50.0 Å². The Labute approximate surface area is 196 Å². The molecular formula is C23H24N8O3. The molecule has 34 heavy (non-hydrogen) atoms. The maximum absolute atomic E-state index is 11.9. The van der Waals surface area contributed by atoms with Gasteiger partial charge in [-0.25, -0.2) is 14.8 Å². The van der Waals surface area contributed by atoms with Crippen LogP contribution in [0.25, 0.3) is 5.95 Å². The molecule has 1 saturated heterocycles. The molecule has 0 saturated carbocycles. The molecule has 0 aliphatic carbocycles. The Morgan fingerprint density at radius 3 is 2.91 bits per heavy atom. The van der Waals surface area contributed by atoms with E-state index in [1.165, 1.54) is 11.0 Å². The molecule has 0 bridgehead atoms. The van der Waals surface area contributed by atoms with Gasteiger partial charge in [-0.05, 0) is 31.0 Å². The van der Waals surface area contributed by atoms with Gasteiger partial charge >= 0.3 is 5.97 Å². The van der Waals surface area contributed by atoms with Crippen LogP contribution in [0.2, 0.25) is 0 Å². The number of hydrogen-bond donors (Lipinski definition) is 2. The van der Waals surface area contributed by atoms with E-state index in [2.05, 4.69) is 30.4 Å². The van der Waals surface area contributed by atoms with E-state index in [1.807, 2.05) is 25.1 Å². The highest BCUT2D eigenvalue weighted by atomic mass is 16.5. The molecule has 11 heteroatoms. The number of carbonyl (C=O) groups excluding carboxylic acids is 1. The van der Waals surface area contributed by atoms with E-state index in [0.29, 0.717) is 49.0 Å². The van der Waals surface area contributed by atoms with Crippen LogP contribution in [-0.4, -0.2) is 66.7 Å². The molecule has 4 heterocycles. The standard InChI is InChI=1S/C23H24N8O3/c1-13-18(3-4-19-20(13)12-34-22(19)33)21-10-30(9-17(11-32)28-21)8-16-7-26-31(29-16)23-25-6-15(5-24)14(2)27-23/h3-4,6-7,17,21,28,32H,8-12H2,1-2H3/t17-,21+/m1/s1. The fourth-order valence-electron chi connectivity index (χ4n) is 4.56. The topological polar surface area (TPSA) is 142 Å². The maximum atomic E-state index is 11.9. The Morgan fingerprint density at radius 1 is 1.29 bits per heavy atom. The molecule has 2 aliphatic heterocycles. The van der Waals surface area contributed by atoms with E-state index in [4.69, 9.17) is 10.00 Å². The van der Waals surface area contributed by atoms with E-state index >= 15 is 0 Å². The Morgan fingerprint density at radius 2 is 2.15 bits per heavy atom. The van der Waals surface area contributed by atoms with Crippen molar-refractivity contribution in [2.24, 2.45) is 0 Å². The summed E-state index contributed by atoms with van der Waals surface area (Å²) in [5.41, 5.74) is 5.42. The summed E-state index contributed by atoms with van der Waals surface area (Å²) in [7, 11) is 0. The number of ether oxygens (including phenoxy) is 1. The number of aromatic nitrogens is 5. The molecule has 2 aliphatic rings. The molecule has 11 nitrogen and oxygen atoms in total. The van der Waals surface area contributed by atoms with Crippen molar-refractivity contribution in [2.45, 2.75) is 39.1 Å². The van der Waals surface area contributed by atoms with Crippen molar-refractivity contribution in [3.8, 4) is 12.0 Å². The first-order valence-corrected chi connectivity index (χ1v) is 11.0. The molecule has 174 valence electrons. The number of fused-ring (bicyclic) bond motifs is 1. The van der Waals surface area contributed by atoms with Crippen LogP contribution in [0.15, 0.2) is 24.5 Å². The highest BCUT2D eigenvalue weighted by Gasteiger charge is 2.31. The van der Waals surface area contributed by atoms with Gasteiger partial charge in [0, 0.05) is 37.3 Å². The number of aliphatic hydroxyl groups is 1. The number of cyclic esters (lactones) is 1. The first-order chi connectivity index (χ1) is 16.5. The Balaban J connectivity index is 1.35. The predicted octanol–water partition coefficient (Wildman–Crippen LogP) is 0.724. The van der Waals surface area contributed by atoms with Crippen molar-refractivity contribution in [3.63, 3.8) is 0 Å². The number of aliphatic hydroxyl groups excluding tert-OH is 1. The lowest BCUT2D eigenvalue weighted by atomic mass is 9.92. The summed E-state index contributed by atoms with van der Waals surface area (Å²) in [5, 5.41) is 31.3. The molecule has 0 unspecified atom stereocenters. The Hall–Kier alpha value is -3.72. The van der Waals surface area contributed by atoms with Crippen LogP contribution in [0.5, 0.6) is 0 Å². The van der Waals surface area contributed by atoms with Gasteiger partial charge in [0.15, 0.2) is 0 Å². The largest absolute Gasteiger partial charge is 0.457 e. The Kier molecular flexibility index (Phi) is 5.79. The minimum atomic E-state index is -0.277. The van der Waals surface area contributed by atoms with Gasteiger partial charge in [0.1, 0.15) is 12.7 Å². The number of esters is 1. The molecule has 3 aromatic rings. The number of aryl methyl sites for hydroxylation is 1. The summed E-state index contributed by atoms with van der Waals surface area (Å²) in [5.74, 6) is 0.0281. The molecule has 0 amide bonds. The number of carbonyl (C=O) groups is 1. The van der Waals surface area contributed by atoms with Gasteiger partial charge in [-0.15, -0.1) is 9.90 Å². The minimum Gasteiger partial charge on any atom is -0.457 e. The summed E-state index contributed by atoms with van der Waals surface area (Å²) >= 11 is 0. The van der Waals surface area contributed by atoms with Crippen molar-refractivity contribution < 1.29 is 14.6 Å². The van der Waals surface area contributed by atoms with E-state index < -0.39 is 0 Å². The first-order valence-electron chi connectivity index (χ1n) is 11.0. The van der Waals surface area contributed by atoms with Gasteiger partial charge in [0.05, 0.1) is 41.5 Å². The predicted molar refractivity (Wildman–Crippen MR) is 119 cm³/mol. The van der Waals surface area contributed by atoms with Crippen molar-refractivity contribution in [3.05, 3.63) is 63.7 Å². The zero-order chi connectivity index (χ0) is 23.8. The zero-order valence-electron chi connectivity index (χ0n) is 18.9. The third kappa shape index (κ3) is 4.03. The number of nitrogens with zero attached hydrogens (tertiary/aromatic N) is 7. The van der Waals surface area contributed by atoms with Crippen molar-refractivity contribution in [1.29, 1.82) is 5.26 Å². The number of benzene rings is 1. The van der Waals surface area contributed by atoms with Crippen molar-refractivity contribution in [2.75, 3.05) is 19.7 Å². The van der Waals surface area contributed by atoms with Gasteiger partial charge in [0.25, 0.3) is 5.95 Å². The van der Waals surface area contributed by atoms with Gasteiger partial charge in [-0.2, -0.15) is 10.4 Å². The molecule has 2 atom stereocenters. The first kappa shape index (κ1) is 22.1. The average molecular weight is 460 g/mol. The van der Waals surface area contributed by atoms with Crippen molar-refractivity contribution >= 4 is 5.97 Å². The molecule has 0 spiro atoms. The van der Waals surface area contributed by atoms with Crippen LogP contribution in [0.4, 0.5) is 0 Å². The summed E-state index contributed by atoms with van der Waals surface area (Å²) in [6, 6.07) is 5.71. The van der Waals surface area contributed by atoms with E-state index in [0.717, 1.165) is 22.4 Å². The molecule has 1 aromatic carbocycles. The molecule has 5 rings (SSSR count). The quantitative estimate of drug-likeness (QED) is 0.523. The van der Waals surface area contributed by atoms with Crippen molar-refractivity contribution in [1.82, 2.24) is 35.2 Å². The lowest BCUT2D eigenvalue weighted by Crippen LogP contribution is -2.53. The number of hydrogen-bond acceptors (Lipinski definition) is 10. The van der Waals surface area contributed by atoms with Gasteiger partial charge < -0.3 is 15.2 Å². The fourth-order valence-corrected chi connectivity index (χ4v) is 4.56. The maximum Gasteiger partial charge on any atom is 0.338 e. The third-order valence-electron chi connectivity index (χ3n) is 6.35. The number of piperazine rings is 1. The van der Waals surface area contributed by atoms with Crippen LogP contribution in [0, 0.1) is 25.2 Å². The molecule has 1 fully saturated rings.